The molecule has 1 aliphatic rings. The number of aromatic amines is 1. The van der Waals surface area contributed by atoms with Crippen molar-refractivity contribution in [3.05, 3.63) is 65.9 Å². The number of phenolic OH excluding ortho intramolecular Hbond substituents is 1. The van der Waals surface area contributed by atoms with Crippen molar-refractivity contribution in [3.63, 3.8) is 0 Å². The number of fused-ring (bicyclic) bond motifs is 1. The zero-order valence-corrected chi connectivity index (χ0v) is 13.2. The molecule has 1 atom stereocenters. The molecule has 4 rings (SSSR count). The molecule has 0 saturated carbocycles. The first kappa shape index (κ1) is 14.3. The number of aromatic nitrogens is 1. The Kier molecular flexibility index (Phi) is 3.80. The number of nitrogens with one attached hydrogen (secondary N) is 1. The van der Waals surface area contributed by atoms with Crippen molar-refractivity contribution >= 4 is 10.9 Å². The topological polar surface area (TPSA) is 39.3 Å². The molecule has 0 amide bonds. The van der Waals surface area contributed by atoms with Crippen LogP contribution in [0.5, 0.6) is 5.75 Å². The number of rotatable bonds is 3. The number of aromatic hydroxyl groups is 1. The largest absolute Gasteiger partial charge is 0.508 e. The number of nitrogens with zero attached hydrogens (tertiary/aromatic N) is 1. The van der Waals surface area contributed by atoms with Gasteiger partial charge in [-0.1, -0.05) is 36.4 Å². The third-order valence-corrected chi connectivity index (χ3v) is 4.95. The van der Waals surface area contributed by atoms with Gasteiger partial charge in [-0.05, 0) is 43.0 Å². The lowest BCUT2D eigenvalue weighted by Gasteiger charge is -2.32. The molecular weight excluding hydrogens is 284 g/mol. The van der Waals surface area contributed by atoms with Gasteiger partial charge in [0.1, 0.15) is 5.75 Å². The highest BCUT2D eigenvalue weighted by molar-refractivity contribution is 5.83. The van der Waals surface area contributed by atoms with Crippen LogP contribution in [0.4, 0.5) is 0 Å². The van der Waals surface area contributed by atoms with E-state index in [4.69, 9.17) is 0 Å². The number of piperidine rings is 1. The quantitative estimate of drug-likeness (QED) is 0.759. The van der Waals surface area contributed by atoms with Gasteiger partial charge in [0, 0.05) is 35.8 Å². The first-order valence-electron chi connectivity index (χ1n) is 8.36. The number of hydrogen-bond donors (Lipinski definition) is 2. The van der Waals surface area contributed by atoms with Crippen molar-refractivity contribution in [2.75, 3.05) is 13.1 Å². The van der Waals surface area contributed by atoms with E-state index >= 15 is 0 Å². The second-order valence-corrected chi connectivity index (χ2v) is 6.49. The van der Waals surface area contributed by atoms with E-state index in [2.05, 4.69) is 40.3 Å². The van der Waals surface area contributed by atoms with Crippen LogP contribution in [-0.4, -0.2) is 28.1 Å². The minimum atomic E-state index is 0.404. The predicted molar refractivity (Wildman–Crippen MR) is 93.7 cm³/mol. The average Bonchev–Trinajstić information content (AvgIpc) is 3.01. The molecule has 2 aromatic carbocycles. The maximum atomic E-state index is 10.0. The number of para-hydroxylation sites is 2. The van der Waals surface area contributed by atoms with E-state index in [0.717, 1.165) is 25.2 Å². The molecule has 0 bridgehead atoms. The lowest BCUT2D eigenvalue weighted by atomic mass is 9.90. The molecule has 3 nitrogen and oxygen atoms in total. The van der Waals surface area contributed by atoms with Gasteiger partial charge in [0.25, 0.3) is 0 Å². The smallest absolute Gasteiger partial charge is 0.120 e. The van der Waals surface area contributed by atoms with E-state index in [1.165, 1.54) is 29.3 Å². The average molecular weight is 306 g/mol. The van der Waals surface area contributed by atoms with Crippen molar-refractivity contribution in [2.45, 2.75) is 25.3 Å². The SMILES string of the molecule is Oc1ccccc1CN1CCC[C@H](c2c[nH]c3ccccc23)C1. The Morgan fingerprint density at radius 1 is 1.09 bits per heavy atom. The third-order valence-electron chi connectivity index (χ3n) is 4.95. The molecule has 2 N–H and O–H groups in total. The van der Waals surface area contributed by atoms with Gasteiger partial charge in [0.15, 0.2) is 0 Å². The Balaban J connectivity index is 1.54. The van der Waals surface area contributed by atoms with E-state index in [9.17, 15) is 5.11 Å². The Morgan fingerprint density at radius 2 is 1.91 bits per heavy atom. The van der Waals surface area contributed by atoms with Crippen LogP contribution in [0.3, 0.4) is 0 Å². The molecule has 118 valence electrons. The standard InChI is InChI=1S/C20H22N2O/c23-20-10-4-1-6-16(20)14-22-11-5-7-15(13-22)18-12-21-19-9-3-2-8-17(18)19/h1-4,6,8-10,12,15,21,23H,5,7,11,13-14H2/t15-/m0/s1. The van der Waals surface area contributed by atoms with Crippen molar-refractivity contribution in [2.24, 2.45) is 0 Å². The first-order chi connectivity index (χ1) is 11.3. The summed E-state index contributed by atoms with van der Waals surface area (Å²) in [6.07, 6.45) is 4.62. The van der Waals surface area contributed by atoms with Gasteiger partial charge in [0.05, 0.1) is 0 Å². The lowest BCUT2D eigenvalue weighted by molar-refractivity contribution is 0.199. The summed E-state index contributed by atoms with van der Waals surface area (Å²) in [6, 6.07) is 16.2. The van der Waals surface area contributed by atoms with Gasteiger partial charge in [-0.25, -0.2) is 0 Å². The first-order valence-corrected chi connectivity index (χ1v) is 8.36. The van der Waals surface area contributed by atoms with Gasteiger partial charge >= 0.3 is 0 Å². The van der Waals surface area contributed by atoms with Crippen LogP contribution in [-0.2, 0) is 6.54 Å². The van der Waals surface area contributed by atoms with Crippen LogP contribution in [0.15, 0.2) is 54.7 Å². The predicted octanol–water partition coefficient (Wildman–Crippen LogP) is 4.25. The Labute approximate surface area is 136 Å². The van der Waals surface area contributed by atoms with Crippen LogP contribution >= 0.6 is 0 Å². The molecular formula is C20H22N2O. The fourth-order valence-corrected chi connectivity index (χ4v) is 3.77. The van der Waals surface area contributed by atoms with E-state index in [1.54, 1.807) is 6.07 Å². The summed E-state index contributed by atoms with van der Waals surface area (Å²) in [6.45, 7) is 2.98. The molecule has 1 aromatic heterocycles. The highest BCUT2D eigenvalue weighted by Gasteiger charge is 2.23. The van der Waals surface area contributed by atoms with Crippen LogP contribution < -0.4 is 0 Å². The zero-order chi connectivity index (χ0) is 15.6. The summed E-state index contributed by atoms with van der Waals surface area (Å²) in [5, 5.41) is 11.3. The molecule has 23 heavy (non-hydrogen) atoms. The van der Waals surface area contributed by atoms with Gasteiger partial charge in [-0.3, -0.25) is 4.90 Å². The molecule has 1 fully saturated rings. The molecule has 0 aliphatic carbocycles. The summed E-state index contributed by atoms with van der Waals surface area (Å²) in [5.74, 6) is 0.965. The maximum absolute atomic E-state index is 10.0. The van der Waals surface area contributed by atoms with Gasteiger partial charge < -0.3 is 10.1 Å². The summed E-state index contributed by atoms with van der Waals surface area (Å²) < 4.78 is 0. The second-order valence-electron chi connectivity index (χ2n) is 6.49. The summed E-state index contributed by atoms with van der Waals surface area (Å²) in [5.41, 5.74) is 3.68. The van der Waals surface area contributed by atoms with E-state index in [0.29, 0.717) is 11.7 Å². The maximum Gasteiger partial charge on any atom is 0.120 e. The highest BCUT2D eigenvalue weighted by atomic mass is 16.3. The lowest BCUT2D eigenvalue weighted by Crippen LogP contribution is -2.33. The van der Waals surface area contributed by atoms with E-state index < -0.39 is 0 Å². The zero-order valence-electron chi connectivity index (χ0n) is 13.2. The molecule has 0 radical (unpaired) electrons. The van der Waals surface area contributed by atoms with Crippen molar-refractivity contribution in [1.82, 2.24) is 9.88 Å². The van der Waals surface area contributed by atoms with Crippen LogP contribution in [0.2, 0.25) is 0 Å². The molecule has 1 aliphatic heterocycles. The Hall–Kier alpha value is -2.26. The number of benzene rings is 2. The van der Waals surface area contributed by atoms with Gasteiger partial charge in [-0.15, -0.1) is 0 Å². The Bertz CT molecular complexity index is 808. The van der Waals surface area contributed by atoms with E-state index in [1.807, 2.05) is 18.2 Å². The van der Waals surface area contributed by atoms with Crippen molar-refractivity contribution in [1.29, 1.82) is 0 Å². The fraction of sp³-hybridized carbons (Fsp3) is 0.300. The second kappa shape index (κ2) is 6.09. The van der Waals surface area contributed by atoms with Crippen LogP contribution in [0.1, 0.15) is 29.9 Å². The molecule has 0 unspecified atom stereocenters. The monoisotopic (exact) mass is 306 g/mol. The number of likely N-dealkylation sites (tertiary alicyclic amines) is 1. The minimum absolute atomic E-state index is 0.404. The Morgan fingerprint density at radius 3 is 2.83 bits per heavy atom. The molecule has 3 heteroatoms. The third kappa shape index (κ3) is 2.84. The number of hydrogen-bond acceptors (Lipinski definition) is 2. The minimum Gasteiger partial charge on any atom is -0.508 e. The molecule has 2 heterocycles. The van der Waals surface area contributed by atoms with Gasteiger partial charge in [-0.2, -0.15) is 0 Å². The fourth-order valence-electron chi connectivity index (χ4n) is 3.77. The normalized spacial score (nSPS) is 19.2. The van der Waals surface area contributed by atoms with Crippen molar-refractivity contribution < 1.29 is 5.11 Å². The number of H-pyrrole nitrogens is 1. The van der Waals surface area contributed by atoms with Gasteiger partial charge in [0.2, 0.25) is 0 Å². The van der Waals surface area contributed by atoms with Crippen LogP contribution in [0, 0.1) is 0 Å². The van der Waals surface area contributed by atoms with Crippen LogP contribution in [0.25, 0.3) is 10.9 Å². The summed E-state index contributed by atoms with van der Waals surface area (Å²) in [7, 11) is 0. The molecule has 1 saturated heterocycles. The van der Waals surface area contributed by atoms with Crippen molar-refractivity contribution in [3.8, 4) is 5.75 Å². The molecule has 3 aromatic rings. The molecule has 0 spiro atoms. The summed E-state index contributed by atoms with van der Waals surface area (Å²) in [4.78, 5) is 5.86. The van der Waals surface area contributed by atoms with E-state index in [-0.39, 0.29) is 0 Å². The summed E-state index contributed by atoms with van der Waals surface area (Å²) >= 11 is 0. The highest BCUT2D eigenvalue weighted by Crippen LogP contribution is 2.33. The number of phenols is 1.